The van der Waals surface area contributed by atoms with Crippen molar-refractivity contribution in [1.82, 2.24) is 4.72 Å². The molecular weight excluding hydrogens is 314 g/mol. The van der Waals surface area contributed by atoms with E-state index < -0.39 is 16.0 Å². The molecule has 0 fully saturated rings. The standard InChI is InChI=1S/C14H20ClNO4S/c1-5-8(2)10(4)16-21(19,20)13-7-11(15)6-12(9(13)3)14(17)18/h6-8,10,16H,5H2,1-4H3,(H,17,18). The smallest absolute Gasteiger partial charge is 0.336 e. The Morgan fingerprint density at radius 1 is 1.38 bits per heavy atom. The van der Waals surface area contributed by atoms with Crippen molar-refractivity contribution in [3.8, 4) is 0 Å². The van der Waals surface area contributed by atoms with E-state index in [1.807, 2.05) is 13.8 Å². The van der Waals surface area contributed by atoms with Crippen molar-refractivity contribution in [1.29, 1.82) is 0 Å². The molecule has 1 aromatic carbocycles. The summed E-state index contributed by atoms with van der Waals surface area (Å²) in [5.74, 6) is -1.04. The first-order chi connectivity index (χ1) is 9.60. The number of carboxylic acid groups (broad SMARTS) is 1. The van der Waals surface area contributed by atoms with E-state index in [2.05, 4.69) is 4.72 Å². The summed E-state index contributed by atoms with van der Waals surface area (Å²) in [4.78, 5) is 11.1. The third-order valence-corrected chi connectivity index (χ3v) is 5.59. The van der Waals surface area contributed by atoms with Crippen LogP contribution in [0.2, 0.25) is 5.02 Å². The van der Waals surface area contributed by atoms with Gasteiger partial charge in [-0.15, -0.1) is 0 Å². The molecular formula is C14H20ClNO4S. The fraction of sp³-hybridized carbons (Fsp3) is 0.500. The second kappa shape index (κ2) is 6.77. The normalized spacial score (nSPS) is 14.7. The first-order valence-electron chi connectivity index (χ1n) is 6.66. The first kappa shape index (κ1) is 17.9. The summed E-state index contributed by atoms with van der Waals surface area (Å²) in [6, 6.07) is 2.26. The number of carbonyl (C=O) groups is 1. The molecule has 0 amide bonds. The molecule has 0 saturated carbocycles. The van der Waals surface area contributed by atoms with Crippen LogP contribution in [0, 0.1) is 12.8 Å². The topological polar surface area (TPSA) is 83.5 Å². The van der Waals surface area contributed by atoms with Gasteiger partial charge in [-0.3, -0.25) is 0 Å². The number of hydrogen-bond acceptors (Lipinski definition) is 3. The molecule has 0 aromatic heterocycles. The van der Waals surface area contributed by atoms with Gasteiger partial charge in [-0.05, 0) is 37.5 Å². The van der Waals surface area contributed by atoms with E-state index in [1.54, 1.807) is 6.92 Å². The Kier molecular flexibility index (Phi) is 5.78. The molecule has 0 spiro atoms. The minimum atomic E-state index is -3.82. The molecule has 0 bridgehead atoms. The van der Waals surface area contributed by atoms with E-state index in [1.165, 1.54) is 19.1 Å². The molecule has 0 aliphatic rings. The van der Waals surface area contributed by atoms with Crippen molar-refractivity contribution in [3.63, 3.8) is 0 Å². The van der Waals surface area contributed by atoms with Gasteiger partial charge in [0.2, 0.25) is 10.0 Å². The average Bonchev–Trinajstić information content (AvgIpc) is 2.38. The second-order valence-electron chi connectivity index (χ2n) is 5.18. The van der Waals surface area contributed by atoms with Gasteiger partial charge in [0.05, 0.1) is 10.5 Å². The lowest BCUT2D eigenvalue weighted by Gasteiger charge is -2.21. The lowest BCUT2D eigenvalue weighted by Crippen LogP contribution is -2.37. The average molecular weight is 334 g/mol. The third kappa shape index (κ3) is 4.18. The van der Waals surface area contributed by atoms with Crippen LogP contribution >= 0.6 is 11.6 Å². The van der Waals surface area contributed by atoms with Gasteiger partial charge in [-0.1, -0.05) is 31.9 Å². The Morgan fingerprint density at radius 2 is 1.95 bits per heavy atom. The van der Waals surface area contributed by atoms with Gasteiger partial charge in [-0.2, -0.15) is 0 Å². The van der Waals surface area contributed by atoms with Gasteiger partial charge >= 0.3 is 5.97 Å². The monoisotopic (exact) mass is 333 g/mol. The third-order valence-electron chi connectivity index (χ3n) is 3.68. The minimum Gasteiger partial charge on any atom is -0.478 e. The molecule has 0 aliphatic carbocycles. The summed E-state index contributed by atoms with van der Waals surface area (Å²) >= 11 is 5.84. The first-order valence-corrected chi connectivity index (χ1v) is 8.52. The Balaban J connectivity index is 3.29. The van der Waals surface area contributed by atoms with Crippen molar-refractivity contribution in [3.05, 3.63) is 28.3 Å². The van der Waals surface area contributed by atoms with Gasteiger partial charge in [0.15, 0.2) is 0 Å². The van der Waals surface area contributed by atoms with Crippen LogP contribution in [0.5, 0.6) is 0 Å². The van der Waals surface area contributed by atoms with Crippen LogP contribution in [0.1, 0.15) is 43.1 Å². The highest BCUT2D eigenvalue weighted by Crippen LogP contribution is 2.25. The quantitative estimate of drug-likeness (QED) is 0.838. The minimum absolute atomic E-state index is 0.0783. The Bertz CT molecular complexity index is 643. The van der Waals surface area contributed by atoms with Crippen LogP contribution in [0.3, 0.4) is 0 Å². The van der Waals surface area contributed by atoms with Crippen molar-refractivity contribution in [2.24, 2.45) is 5.92 Å². The van der Waals surface area contributed by atoms with Crippen LogP contribution in [-0.4, -0.2) is 25.5 Å². The molecule has 21 heavy (non-hydrogen) atoms. The summed E-state index contributed by atoms with van der Waals surface area (Å²) in [5.41, 5.74) is 0.0646. The van der Waals surface area contributed by atoms with Gasteiger partial charge in [0, 0.05) is 11.1 Å². The molecule has 0 saturated heterocycles. The molecule has 0 heterocycles. The number of benzene rings is 1. The van der Waals surface area contributed by atoms with Crippen LogP contribution in [0.4, 0.5) is 0 Å². The number of nitrogens with one attached hydrogen (secondary N) is 1. The predicted molar refractivity (Wildman–Crippen MR) is 82.4 cm³/mol. The highest BCUT2D eigenvalue weighted by Gasteiger charge is 2.25. The van der Waals surface area contributed by atoms with E-state index in [0.29, 0.717) is 0 Å². The predicted octanol–water partition coefficient (Wildman–Crippen LogP) is 3.06. The van der Waals surface area contributed by atoms with Crippen LogP contribution in [0.15, 0.2) is 17.0 Å². The number of sulfonamides is 1. The number of halogens is 1. The van der Waals surface area contributed by atoms with E-state index in [9.17, 15) is 13.2 Å². The molecule has 2 N–H and O–H groups in total. The zero-order valence-electron chi connectivity index (χ0n) is 12.5. The molecule has 0 radical (unpaired) electrons. The van der Waals surface area contributed by atoms with Crippen molar-refractivity contribution < 1.29 is 18.3 Å². The Labute approximate surface area is 130 Å². The number of rotatable bonds is 6. The molecule has 1 rings (SSSR count). The van der Waals surface area contributed by atoms with Gasteiger partial charge in [0.1, 0.15) is 0 Å². The summed E-state index contributed by atoms with van der Waals surface area (Å²) in [6.07, 6.45) is 0.832. The number of carboxylic acids is 1. The molecule has 7 heteroatoms. The van der Waals surface area contributed by atoms with Crippen molar-refractivity contribution in [2.75, 3.05) is 0 Å². The Hall–Kier alpha value is -1.11. The lowest BCUT2D eigenvalue weighted by atomic mass is 10.0. The fourth-order valence-electron chi connectivity index (χ4n) is 1.93. The number of aromatic carboxylic acids is 1. The van der Waals surface area contributed by atoms with Gasteiger partial charge in [-0.25, -0.2) is 17.9 Å². The molecule has 2 atom stereocenters. The molecule has 0 aliphatic heterocycles. The summed E-state index contributed by atoms with van der Waals surface area (Å²) in [6.45, 7) is 7.16. The van der Waals surface area contributed by atoms with Crippen molar-refractivity contribution >= 4 is 27.6 Å². The lowest BCUT2D eigenvalue weighted by molar-refractivity contribution is 0.0696. The van der Waals surface area contributed by atoms with Crippen LogP contribution in [0.25, 0.3) is 0 Å². The molecule has 5 nitrogen and oxygen atoms in total. The number of hydrogen-bond donors (Lipinski definition) is 2. The van der Waals surface area contributed by atoms with E-state index in [-0.39, 0.29) is 33.0 Å². The van der Waals surface area contributed by atoms with E-state index >= 15 is 0 Å². The maximum atomic E-state index is 12.4. The van der Waals surface area contributed by atoms with Gasteiger partial charge in [0.25, 0.3) is 0 Å². The molecule has 118 valence electrons. The summed E-state index contributed by atoms with van der Waals surface area (Å²) in [7, 11) is -3.82. The largest absolute Gasteiger partial charge is 0.478 e. The van der Waals surface area contributed by atoms with E-state index in [4.69, 9.17) is 16.7 Å². The Morgan fingerprint density at radius 3 is 2.43 bits per heavy atom. The highest BCUT2D eigenvalue weighted by molar-refractivity contribution is 7.89. The molecule has 1 aromatic rings. The maximum Gasteiger partial charge on any atom is 0.336 e. The highest BCUT2D eigenvalue weighted by atomic mass is 35.5. The van der Waals surface area contributed by atoms with E-state index in [0.717, 1.165) is 6.42 Å². The maximum absolute atomic E-state index is 12.4. The SMILES string of the molecule is CCC(C)C(C)NS(=O)(=O)c1cc(Cl)cc(C(=O)O)c1C. The summed E-state index contributed by atoms with van der Waals surface area (Å²) < 4.78 is 27.5. The van der Waals surface area contributed by atoms with Crippen LogP contribution < -0.4 is 4.72 Å². The van der Waals surface area contributed by atoms with Crippen molar-refractivity contribution in [2.45, 2.75) is 45.1 Å². The zero-order chi connectivity index (χ0) is 16.4. The van der Waals surface area contributed by atoms with Gasteiger partial charge < -0.3 is 5.11 Å². The second-order valence-corrected chi connectivity index (χ2v) is 7.30. The molecule has 2 unspecified atom stereocenters. The zero-order valence-corrected chi connectivity index (χ0v) is 14.0. The summed E-state index contributed by atoms with van der Waals surface area (Å²) in [5, 5.41) is 9.19. The fourth-order valence-corrected chi connectivity index (χ4v) is 3.86. The van der Waals surface area contributed by atoms with Crippen LogP contribution in [-0.2, 0) is 10.0 Å².